The van der Waals surface area contributed by atoms with Crippen molar-refractivity contribution in [2.24, 2.45) is 10.9 Å². The molecule has 0 unspecified atom stereocenters. The number of nitrogens with one attached hydrogen (secondary N) is 1. The molecule has 1 aromatic heterocycles. The van der Waals surface area contributed by atoms with E-state index in [0.29, 0.717) is 9.54 Å². The second-order valence-corrected chi connectivity index (χ2v) is 8.28. The Kier molecular flexibility index (Phi) is 5.17. The monoisotopic (exact) mass is 388 g/mol. The van der Waals surface area contributed by atoms with Gasteiger partial charge in [-0.05, 0) is 23.8 Å². The number of hydrogen-bond acceptors (Lipinski definition) is 6. The van der Waals surface area contributed by atoms with E-state index in [0.717, 1.165) is 6.20 Å². The Hall–Kier alpha value is -2.41. The average molecular weight is 388 g/mol. The minimum Gasteiger partial charge on any atom is -0.477 e. The van der Waals surface area contributed by atoms with Crippen molar-refractivity contribution in [3.05, 3.63) is 42.2 Å². The van der Waals surface area contributed by atoms with Gasteiger partial charge >= 0.3 is 16.2 Å². The molecular formula is C13H16N4O6S2. The smallest absolute Gasteiger partial charge is 0.354 e. The summed E-state index contributed by atoms with van der Waals surface area (Å²) in [6, 6.07) is 7.04. The summed E-state index contributed by atoms with van der Waals surface area (Å²) in [6.45, 7) is -0.0313. The molecule has 10 nitrogen and oxygen atoms in total. The van der Waals surface area contributed by atoms with Gasteiger partial charge in [-0.3, -0.25) is 4.72 Å². The number of sulfonamides is 1. The van der Waals surface area contributed by atoms with Crippen molar-refractivity contribution in [1.82, 2.24) is 3.97 Å². The molecule has 136 valence electrons. The van der Waals surface area contributed by atoms with E-state index < -0.39 is 31.9 Å². The number of aromatic carboxylic acids is 1. The van der Waals surface area contributed by atoms with Crippen molar-refractivity contribution >= 4 is 31.9 Å². The van der Waals surface area contributed by atoms with Crippen LogP contribution in [0.5, 0.6) is 0 Å². The number of rotatable bonds is 7. The fourth-order valence-electron chi connectivity index (χ4n) is 2.17. The highest BCUT2D eigenvalue weighted by Crippen LogP contribution is 2.27. The molecule has 0 saturated carbocycles. The number of aromatic nitrogens is 1. The van der Waals surface area contributed by atoms with E-state index in [9.17, 15) is 26.7 Å². The van der Waals surface area contributed by atoms with Gasteiger partial charge in [-0.2, -0.15) is 8.42 Å². The van der Waals surface area contributed by atoms with Crippen LogP contribution in [-0.2, 0) is 20.2 Å². The number of carboxylic acid groups (broad SMARTS) is 1. The highest BCUT2D eigenvalue weighted by molar-refractivity contribution is 7.92. The van der Waals surface area contributed by atoms with Crippen LogP contribution in [0, 0.1) is 0 Å². The first-order chi connectivity index (χ1) is 11.5. The SMILES string of the molecule is NCCS(=O)(=O)Nc1ccc(-c2ccn(S(N)(=O)=O)c2C(=O)O)cc1. The van der Waals surface area contributed by atoms with E-state index in [1.165, 1.54) is 30.3 Å². The summed E-state index contributed by atoms with van der Waals surface area (Å²) in [7, 11) is -7.84. The van der Waals surface area contributed by atoms with E-state index >= 15 is 0 Å². The predicted octanol–water partition coefficient (Wildman–Crippen LogP) is -0.395. The fourth-order valence-corrected chi connectivity index (χ4v) is 3.74. The highest BCUT2D eigenvalue weighted by atomic mass is 32.2. The standard InChI is InChI=1S/C13H16N4O6S2/c14-6-8-24(20,21)16-10-3-1-9(2-4-10)11-5-7-17(25(15,22)23)12(11)13(18)19/h1-5,7,16H,6,8,14H2,(H,18,19)(H2,15,22,23). The van der Waals surface area contributed by atoms with Crippen LogP contribution in [0.3, 0.4) is 0 Å². The molecule has 0 spiro atoms. The van der Waals surface area contributed by atoms with E-state index in [2.05, 4.69) is 4.72 Å². The van der Waals surface area contributed by atoms with Crippen LogP contribution in [0.15, 0.2) is 36.5 Å². The molecule has 0 bridgehead atoms. The molecular weight excluding hydrogens is 372 g/mol. The molecule has 12 heteroatoms. The highest BCUT2D eigenvalue weighted by Gasteiger charge is 2.22. The number of benzene rings is 1. The number of carbonyl (C=O) groups is 1. The lowest BCUT2D eigenvalue weighted by Crippen LogP contribution is -2.24. The van der Waals surface area contributed by atoms with E-state index in [1.807, 2.05) is 0 Å². The Morgan fingerprint density at radius 1 is 1.12 bits per heavy atom. The second kappa shape index (κ2) is 6.84. The zero-order valence-corrected chi connectivity index (χ0v) is 14.4. The summed E-state index contributed by atoms with van der Waals surface area (Å²) in [5, 5.41) is 14.3. The molecule has 6 N–H and O–H groups in total. The lowest BCUT2D eigenvalue weighted by molar-refractivity contribution is 0.0690. The van der Waals surface area contributed by atoms with Crippen molar-refractivity contribution in [1.29, 1.82) is 0 Å². The maximum Gasteiger partial charge on any atom is 0.354 e. The molecule has 0 saturated heterocycles. The van der Waals surface area contributed by atoms with Gasteiger partial charge in [-0.15, -0.1) is 0 Å². The van der Waals surface area contributed by atoms with Crippen LogP contribution >= 0.6 is 0 Å². The first kappa shape index (κ1) is 18.9. The zero-order valence-electron chi connectivity index (χ0n) is 12.8. The molecule has 0 fully saturated rings. The maximum absolute atomic E-state index is 11.7. The molecule has 0 atom stereocenters. The summed E-state index contributed by atoms with van der Waals surface area (Å²) in [6.07, 6.45) is 1.03. The number of carboxylic acids is 1. The van der Waals surface area contributed by atoms with Gasteiger partial charge in [0.25, 0.3) is 0 Å². The van der Waals surface area contributed by atoms with Crippen molar-refractivity contribution in [2.45, 2.75) is 0 Å². The largest absolute Gasteiger partial charge is 0.477 e. The summed E-state index contributed by atoms with van der Waals surface area (Å²) in [5.74, 6) is -1.71. The molecule has 0 aliphatic carbocycles. The predicted molar refractivity (Wildman–Crippen MR) is 91.8 cm³/mol. The number of hydrogen-bond donors (Lipinski definition) is 4. The third kappa shape index (κ3) is 4.36. The zero-order chi connectivity index (χ0) is 18.8. The topological polar surface area (TPSA) is 175 Å². The molecule has 2 rings (SSSR count). The van der Waals surface area contributed by atoms with Crippen LogP contribution in [0.1, 0.15) is 10.5 Å². The van der Waals surface area contributed by atoms with Gasteiger partial charge in [-0.1, -0.05) is 12.1 Å². The fraction of sp³-hybridized carbons (Fsp3) is 0.154. The third-order valence-electron chi connectivity index (χ3n) is 3.18. The molecule has 1 heterocycles. The number of nitrogens with zero attached hydrogens (tertiary/aromatic N) is 1. The van der Waals surface area contributed by atoms with Gasteiger partial charge in [0.05, 0.1) is 5.75 Å². The van der Waals surface area contributed by atoms with Gasteiger partial charge < -0.3 is 10.8 Å². The van der Waals surface area contributed by atoms with E-state index in [4.69, 9.17) is 10.9 Å². The van der Waals surface area contributed by atoms with Crippen molar-refractivity contribution < 1.29 is 26.7 Å². The minimum absolute atomic E-state index is 0.0313. The molecule has 0 amide bonds. The van der Waals surface area contributed by atoms with Crippen LogP contribution in [-0.4, -0.2) is 44.2 Å². The van der Waals surface area contributed by atoms with E-state index in [1.54, 1.807) is 0 Å². The minimum atomic E-state index is -4.27. The second-order valence-electron chi connectivity index (χ2n) is 5.01. The molecule has 0 aliphatic heterocycles. The summed E-state index contributed by atoms with van der Waals surface area (Å²) in [5.41, 5.74) is 5.46. The van der Waals surface area contributed by atoms with Crippen LogP contribution in [0.2, 0.25) is 0 Å². The Labute approximate surface area is 144 Å². The van der Waals surface area contributed by atoms with Crippen LogP contribution in [0.4, 0.5) is 5.69 Å². The van der Waals surface area contributed by atoms with Crippen molar-refractivity contribution in [3.8, 4) is 11.1 Å². The lowest BCUT2D eigenvalue weighted by atomic mass is 10.1. The Morgan fingerprint density at radius 2 is 1.72 bits per heavy atom. The Balaban J connectivity index is 2.41. The maximum atomic E-state index is 11.7. The number of nitrogens with two attached hydrogens (primary N) is 2. The summed E-state index contributed by atoms with van der Waals surface area (Å²) >= 11 is 0. The number of anilines is 1. The van der Waals surface area contributed by atoms with Crippen LogP contribution in [0.25, 0.3) is 11.1 Å². The third-order valence-corrected chi connectivity index (χ3v) is 5.36. The normalized spacial score (nSPS) is 12.1. The lowest BCUT2D eigenvalue weighted by Gasteiger charge is -2.09. The molecule has 0 radical (unpaired) electrons. The van der Waals surface area contributed by atoms with Crippen molar-refractivity contribution in [2.75, 3.05) is 17.0 Å². The summed E-state index contributed by atoms with van der Waals surface area (Å²) < 4.78 is 49.0. The van der Waals surface area contributed by atoms with Gasteiger partial charge in [0, 0.05) is 24.0 Å². The molecule has 25 heavy (non-hydrogen) atoms. The average Bonchev–Trinajstić information content (AvgIpc) is 2.92. The molecule has 0 aliphatic rings. The first-order valence-corrected chi connectivity index (χ1v) is 9.99. The van der Waals surface area contributed by atoms with Crippen LogP contribution < -0.4 is 15.6 Å². The molecule has 1 aromatic carbocycles. The summed E-state index contributed by atoms with van der Waals surface area (Å²) in [4.78, 5) is 11.4. The van der Waals surface area contributed by atoms with Gasteiger partial charge in [0.1, 0.15) is 0 Å². The van der Waals surface area contributed by atoms with Gasteiger partial charge in [0.2, 0.25) is 10.0 Å². The molecule has 2 aromatic rings. The van der Waals surface area contributed by atoms with Gasteiger partial charge in [-0.25, -0.2) is 22.3 Å². The van der Waals surface area contributed by atoms with E-state index in [-0.39, 0.29) is 23.5 Å². The first-order valence-electron chi connectivity index (χ1n) is 6.84. The van der Waals surface area contributed by atoms with Gasteiger partial charge in [0.15, 0.2) is 5.69 Å². The quantitative estimate of drug-likeness (QED) is 0.499. The van der Waals surface area contributed by atoms with Crippen molar-refractivity contribution in [3.63, 3.8) is 0 Å². The Morgan fingerprint density at radius 3 is 2.20 bits per heavy atom. The Bertz CT molecular complexity index is 994.